The van der Waals surface area contributed by atoms with Gasteiger partial charge in [-0.1, -0.05) is 24.3 Å². The van der Waals surface area contributed by atoms with Gasteiger partial charge in [0.2, 0.25) is 0 Å². The molecule has 242 valence electrons. The first-order valence-corrected chi connectivity index (χ1v) is 15.7. The van der Waals surface area contributed by atoms with Crippen molar-refractivity contribution in [2.75, 3.05) is 13.2 Å². The highest BCUT2D eigenvalue weighted by molar-refractivity contribution is 6.06. The van der Waals surface area contributed by atoms with E-state index in [9.17, 15) is 28.4 Å². The van der Waals surface area contributed by atoms with Crippen molar-refractivity contribution in [2.24, 2.45) is 11.8 Å². The number of halogens is 1. The first-order chi connectivity index (χ1) is 22.8. The minimum Gasteiger partial charge on any atom is -0.494 e. The van der Waals surface area contributed by atoms with Crippen LogP contribution in [0.5, 0.6) is 11.5 Å². The summed E-state index contributed by atoms with van der Waals surface area (Å²) < 4.78 is 34.6. The Morgan fingerprint density at radius 1 is 0.723 bits per heavy atom. The molecule has 3 aromatic rings. The molecule has 2 heterocycles. The van der Waals surface area contributed by atoms with Gasteiger partial charge in [0.05, 0.1) is 37.4 Å². The van der Waals surface area contributed by atoms with Gasteiger partial charge in [0.25, 0.3) is 0 Å². The Morgan fingerprint density at radius 2 is 1.38 bits per heavy atom. The molecule has 3 aromatic carbocycles. The van der Waals surface area contributed by atoms with Gasteiger partial charge in [-0.15, -0.1) is 0 Å². The van der Waals surface area contributed by atoms with E-state index >= 15 is 0 Å². The summed E-state index contributed by atoms with van der Waals surface area (Å²) in [7, 11) is 0. The van der Waals surface area contributed by atoms with Crippen molar-refractivity contribution in [1.82, 2.24) is 0 Å². The summed E-state index contributed by atoms with van der Waals surface area (Å²) in [6.45, 7) is 1.02. The highest BCUT2D eigenvalue weighted by Crippen LogP contribution is 2.51. The van der Waals surface area contributed by atoms with Crippen LogP contribution in [0.2, 0.25) is 0 Å². The molecule has 4 unspecified atom stereocenters. The Labute approximate surface area is 270 Å². The summed E-state index contributed by atoms with van der Waals surface area (Å²) in [6, 6.07) is 18.2. The molecular formula is C37H33FO9. The van der Waals surface area contributed by atoms with Gasteiger partial charge in [0.1, 0.15) is 17.3 Å². The number of esters is 4. The predicted molar refractivity (Wildman–Crippen MR) is 166 cm³/mol. The number of hydrogen-bond acceptors (Lipinski definition) is 9. The average Bonchev–Trinajstić information content (AvgIpc) is 3.56. The molecule has 0 saturated carbocycles. The number of ketones is 1. The molecule has 47 heavy (non-hydrogen) atoms. The molecule has 0 aromatic heterocycles. The average molecular weight is 641 g/mol. The van der Waals surface area contributed by atoms with E-state index in [0.29, 0.717) is 30.1 Å². The van der Waals surface area contributed by atoms with Crippen LogP contribution in [0.1, 0.15) is 77.4 Å². The summed E-state index contributed by atoms with van der Waals surface area (Å²) in [5.41, 5.74) is 2.61. The third kappa shape index (κ3) is 7.32. The molecule has 6 rings (SSSR count). The molecule has 10 heteroatoms. The lowest BCUT2D eigenvalue weighted by Gasteiger charge is -2.33. The van der Waals surface area contributed by atoms with Gasteiger partial charge in [-0.3, -0.25) is 24.0 Å². The Bertz CT molecular complexity index is 1710. The van der Waals surface area contributed by atoms with Crippen molar-refractivity contribution in [2.45, 2.75) is 50.4 Å². The molecule has 0 bridgehead atoms. The lowest BCUT2D eigenvalue weighted by molar-refractivity contribution is -0.155. The van der Waals surface area contributed by atoms with E-state index in [4.69, 9.17) is 18.9 Å². The molecule has 0 amide bonds. The number of cyclic esters (lactones) is 4. The summed E-state index contributed by atoms with van der Waals surface area (Å²) in [6.07, 6.45) is 6.87. The van der Waals surface area contributed by atoms with Crippen LogP contribution in [0.15, 0.2) is 72.8 Å². The predicted octanol–water partition coefficient (Wildman–Crippen LogP) is 6.10. The largest absolute Gasteiger partial charge is 0.494 e. The number of fused-ring (bicyclic) bond motifs is 3. The van der Waals surface area contributed by atoms with Gasteiger partial charge in [0, 0.05) is 5.56 Å². The van der Waals surface area contributed by atoms with Crippen molar-refractivity contribution in [3.05, 3.63) is 101 Å². The van der Waals surface area contributed by atoms with Crippen molar-refractivity contribution in [1.29, 1.82) is 0 Å². The van der Waals surface area contributed by atoms with Crippen LogP contribution >= 0.6 is 0 Å². The lowest BCUT2D eigenvalue weighted by atomic mass is 9.67. The van der Waals surface area contributed by atoms with E-state index in [-0.39, 0.29) is 24.4 Å². The molecule has 2 saturated heterocycles. The fourth-order valence-corrected chi connectivity index (χ4v) is 6.44. The maximum absolute atomic E-state index is 13.0. The standard InChI is InChI=1S/C37H33FO9/c38-24-10-8-23(9-11-24)32(39)16-7-22-5-12-25(13-6-22)44-17-3-1-2-4-18-45-26-14-15-27-28(30-21-33(40)46-35(30)41)20-31-34(29(27)19-26)37(43)47-36(31)42/h5-16,19,28,30-31,34H,1-4,17-18,20-21H2/b16-7+. The van der Waals surface area contributed by atoms with Crippen LogP contribution < -0.4 is 9.47 Å². The Morgan fingerprint density at radius 3 is 2.06 bits per heavy atom. The van der Waals surface area contributed by atoms with Crippen molar-refractivity contribution in [3.63, 3.8) is 0 Å². The zero-order valence-electron chi connectivity index (χ0n) is 25.5. The number of rotatable bonds is 13. The van der Waals surface area contributed by atoms with Crippen LogP contribution in [0.25, 0.3) is 6.08 Å². The van der Waals surface area contributed by atoms with Crippen molar-refractivity contribution in [3.8, 4) is 11.5 Å². The fraction of sp³-hybridized carbons (Fsp3) is 0.324. The molecule has 2 fully saturated rings. The molecule has 0 spiro atoms. The third-order valence-electron chi connectivity index (χ3n) is 8.86. The number of allylic oxidation sites excluding steroid dienone is 1. The van der Waals surface area contributed by atoms with Crippen LogP contribution in [0, 0.1) is 17.7 Å². The van der Waals surface area contributed by atoms with Gasteiger partial charge in [-0.2, -0.15) is 0 Å². The minimum absolute atomic E-state index is 0.0548. The molecule has 2 aliphatic heterocycles. The van der Waals surface area contributed by atoms with Crippen LogP contribution in [-0.2, 0) is 28.7 Å². The Balaban J connectivity index is 0.932. The first-order valence-electron chi connectivity index (χ1n) is 15.7. The van der Waals surface area contributed by atoms with Crippen LogP contribution in [0.3, 0.4) is 0 Å². The van der Waals surface area contributed by atoms with Crippen molar-refractivity contribution >= 4 is 35.7 Å². The third-order valence-corrected chi connectivity index (χ3v) is 8.86. The van der Waals surface area contributed by atoms with E-state index in [0.717, 1.165) is 42.6 Å². The van der Waals surface area contributed by atoms with Crippen LogP contribution in [0.4, 0.5) is 4.39 Å². The molecule has 0 N–H and O–H groups in total. The van der Waals surface area contributed by atoms with Gasteiger partial charge in [-0.05, 0) is 109 Å². The molecule has 1 aliphatic carbocycles. The van der Waals surface area contributed by atoms with Gasteiger partial charge < -0.3 is 18.9 Å². The van der Waals surface area contributed by atoms with E-state index in [1.165, 1.54) is 30.3 Å². The smallest absolute Gasteiger partial charge is 0.321 e. The van der Waals surface area contributed by atoms with Gasteiger partial charge >= 0.3 is 23.9 Å². The van der Waals surface area contributed by atoms with E-state index < -0.39 is 47.5 Å². The molecule has 0 radical (unpaired) electrons. The van der Waals surface area contributed by atoms with E-state index in [1.807, 2.05) is 30.3 Å². The number of unbranched alkanes of at least 4 members (excludes halogenated alkanes) is 3. The SMILES string of the molecule is O=C1CC(C2CC3C(=O)OC(=O)C3c3cc(OCCCCCCOc4ccc(/C=C/C(=O)c5ccc(F)cc5)cc4)ccc32)C(=O)O1. The number of hydrogen-bond donors (Lipinski definition) is 0. The minimum atomic E-state index is -0.755. The maximum atomic E-state index is 13.0. The summed E-state index contributed by atoms with van der Waals surface area (Å²) in [5.74, 6) is -4.29. The molecule has 3 aliphatic rings. The number of carbonyl (C=O) groups excluding carboxylic acids is 5. The lowest BCUT2D eigenvalue weighted by Crippen LogP contribution is -2.31. The monoisotopic (exact) mass is 640 g/mol. The molecular weight excluding hydrogens is 607 g/mol. The van der Waals surface area contributed by atoms with Crippen molar-refractivity contribution < 1.29 is 47.3 Å². The van der Waals surface area contributed by atoms with Crippen LogP contribution in [-0.4, -0.2) is 42.9 Å². The number of ether oxygens (including phenoxy) is 4. The second-order valence-corrected chi connectivity index (χ2v) is 11.9. The second kappa shape index (κ2) is 14.1. The Kier molecular flexibility index (Phi) is 9.56. The topological polar surface area (TPSA) is 122 Å². The summed E-state index contributed by atoms with van der Waals surface area (Å²) in [4.78, 5) is 61.4. The molecule has 9 nitrogen and oxygen atoms in total. The number of carbonyl (C=O) groups is 5. The van der Waals surface area contributed by atoms with Gasteiger partial charge in [-0.25, -0.2) is 4.39 Å². The highest BCUT2D eigenvalue weighted by atomic mass is 19.1. The second-order valence-electron chi connectivity index (χ2n) is 11.9. The normalized spacial score (nSPS) is 21.7. The van der Waals surface area contributed by atoms with E-state index in [1.54, 1.807) is 18.2 Å². The zero-order chi connectivity index (χ0) is 32.9. The fourth-order valence-electron chi connectivity index (χ4n) is 6.44. The summed E-state index contributed by atoms with van der Waals surface area (Å²) >= 11 is 0. The summed E-state index contributed by atoms with van der Waals surface area (Å²) in [5, 5.41) is 0. The maximum Gasteiger partial charge on any atom is 0.321 e. The Hall–Kier alpha value is -5.12. The number of benzene rings is 3. The van der Waals surface area contributed by atoms with E-state index in [2.05, 4.69) is 0 Å². The highest BCUT2D eigenvalue weighted by Gasteiger charge is 2.53. The first kappa shape index (κ1) is 31.8. The quantitative estimate of drug-likeness (QED) is 0.0717. The molecule has 4 atom stereocenters. The zero-order valence-corrected chi connectivity index (χ0v) is 25.5. The van der Waals surface area contributed by atoms with Gasteiger partial charge in [0.15, 0.2) is 5.78 Å².